The lowest BCUT2D eigenvalue weighted by atomic mass is 10.1. The van der Waals surface area contributed by atoms with E-state index in [0.717, 1.165) is 12.1 Å². The van der Waals surface area contributed by atoms with Crippen molar-refractivity contribution >= 4 is 0 Å². The topological polar surface area (TPSA) is 35.2 Å². The van der Waals surface area contributed by atoms with Crippen LogP contribution in [0.3, 0.4) is 0 Å². The highest BCUT2D eigenvalue weighted by atomic mass is 19.4. The Morgan fingerprint density at radius 2 is 2.00 bits per heavy atom. The monoisotopic (exact) mass is 237 g/mol. The molecule has 0 spiro atoms. The maximum Gasteiger partial charge on any atom is 0.573 e. The summed E-state index contributed by atoms with van der Waals surface area (Å²) in [6.45, 7) is 1.79. The molecule has 0 aliphatic rings. The molecule has 0 aliphatic heterocycles. The molecule has 1 rings (SSSR count). The zero-order chi connectivity index (χ0) is 12.3. The van der Waals surface area contributed by atoms with Crippen molar-refractivity contribution in [3.8, 4) is 5.75 Å². The number of halogens is 4. The van der Waals surface area contributed by atoms with E-state index < -0.39 is 24.0 Å². The van der Waals surface area contributed by atoms with Crippen LogP contribution in [-0.2, 0) is 0 Å². The minimum atomic E-state index is -4.89. The fraction of sp³-hybridized carbons (Fsp3) is 0.400. The van der Waals surface area contributed by atoms with Gasteiger partial charge < -0.3 is 10.5 Å². The largest absolute Gasteiger partial charge is 0.573 e. The molecular weight excluding hydrogens is 226 g/mol. The molecule has 0 bridgehead atoms. The molecule has 0 aliphatic carbocycles. The first-order chi connectivity index (χ1) is 7.33. The number of ether oxygens (including phenoxy) is 1. The second-order valence-corrected chi connectivity index (χ2v) is 3.25. The minimum Gasteiger partial charge on any atom is -0.403 e. The van der Waals surface area contributed by atoms with Crippen molar-refractivity contribution in [2.75, 3.05) is 0 Å². The number of nitrogens with two attached hydrogens (primary N) is 1. The van der Waals surface area contributed by atoms with E-state index in [1.54, 1.807) is 6.92 Å². The molecule has 1 atom stereocenters. The SMILES string of the molecule is CC[C@H](N)c1ccc(OC(F)(F)F)c(F)c1. The van der Waals surface area contributed by atoms with Gasteiger partial charge in [0.2, 0.25) is 0 Å². The van der Waals surface area contributed by atoms with Crippen molar-refractivity contribution < 1.29 is 22.3 Å². The first kappa shape index (κ1) is 12.8. The average molecular weight is 237 g/mol. The van der Waals surface area contributed by atoms with Crippen molar-refractivity contribution in [1.82, 2.24) is 0 Å². The third kappa shape index (κ3) is 3.37. The van der Waals surface area contributed by atoms with E-state index in [-0.39, 0.29) is 0 Å². The highest BCUT2D eigenvalue weighted by Gasteiger charge is 2.32. The lowest BCUT2D eigenvalue weighted by Gasteiger charge is -2.13. The molecule has 1 aromatic carbocycles. The number of alkyl halides is 3. The molecule has 1 aromatic rings. The lowest BCUT2D eigenvalue weighted by molar-refractivity contribution is -0.275. The van der Waals surface area contributed by atoms with Crippen molar-refractivity contribution in [3.63, 3.8) is 0 Å². The van der Waals surface area contributed by atoms with Gasteiger partial charge in [-0.1, -0.05) is 13.0 Å². The smallest absolute Gasteiger partial charge is 0.403 e. The zero-order valence-corrected chi connectivity index (χ0v) is 8.51. The maximum atomic E-state index is 13.2. The van der Waals surface area contributed by atoms with Crippen LogP contribution in [0.2, 0.25) is 0 Å². The van der Waals surface area contributed by atoms with Crippen LogP contribution < -0.4 is 10.5 Å². The van der Waals surface area contributed by atoms with Gasteiger partial charge in [0.15, 0.2) is 11.6 Å². The molecule has 0 saturated carbocycles. The molecule has 90 valence electrons. The highest BCUT2D eigenvalue weighted by Crippen LogP contribution is 2.27. The summed E-state index contributed by atoms with van der Waals surface area (Å²) >= 11 is 0. The second kappa shape index (κ2) is 4.69. The predicted molar refractivity (Wildman–Crippen MR) is 50.3 cm³/mol. The summed E-state index contributed by atoms with van der Waals surface area (Å²) in [5.74, 6) is -1.92. The fourth-order valence-electron chi connectivity index (χ4n) is 1.19. The van der Waals surface area contributed by atoms with Gasteiger partial charge in [0.1, 0.15) is 0 Å². The summed E-state index contributed by atoms with van der Waals surface area (Å²) in [5.41, 5.74) is 6.05. The fourth-order valence-corrected chi connectivity index (χ4v) is 1.19. The summed E-state index contributed by atoms with van der Waals surface area (Å²) in [5, 5.41) is 0. The molecule has 2 N–H and O–H groups in total. The summed E-state index contributed by atoms with van der Waals surface area (Å²) in [6.07, 6.45) is -4.33. The molecule has 0 saturated heterocycles. The van der Waals surface area contributed by atoms with E-state index in [1.807, 2.05) is 0 Å². The van der Waals surface area contributed by atoms with Crippen molar-refractivity contribution in [2.45, 2.75) is 25.7 Å². The molecule has 0 heterocycles. The standard InChI is InChI=1S/C10H11F4NO/c1-2-8(15)6-3-4-9(7(11)5-6)16-10(12,13)14/h3-5,8H,2,15H2,1H3/t8-/m0/s1. The predicted octanol–water partition coefficient (Wildman–Crippen LogP) is 3.13. The maximum absolute atomic E-state index is 13.2. The third-order valence-electron chi connectivity index (χ3n) is 2.05. The van der Waals surface area contributed by atoms with Crippen LogP contribution in [0.5, 0.6) is 5.75 Å². The van der Waals surface area contributed by atoms with E-state index in [1.165, 1.54) is 6.07 Å². The Bertz CT molecular complexity index is 364. The Labute approximate surface area is 90.0 Å². The van der Waals surface area contributed by atoms with Crippen LogP contribution in [0.1, 0.15) is 24.9 Å². The number of benzene rings is 1. The second-order valence-electron chi connectivity index (χ2n) is 3.25. The normalized spacial score (nSPS) is 13.6. The molecule has 0 radical (unpaired) electrons. The number of hydrogen-bond acceptors (Lipinski definition) is 2. The molecule has 16 heavy (non-hydrogen) atoms. The van der Waals surface area contributed by atoms with Crippen LogP contribution in [0, 0.1) is 5.82 Å². The Kier molecular flexibility index (Phi) is 3.74. The summed E-state index contributed by atoms with van der Waals surface area (Å²) in [7, 11) is 0. The third-order valence-corrected chi connectivity index (χ3v) is 2.05. The van der Waals surface area contributed by atoms with Gasteiger partial charge in [-0.15, -0.1) is 13.2 Å². The number of rotatable bonds is 3. The first-order valence-corrected chi connectivity index (χ1v) is 4.64. The first-order valence-electron chi connectivity index (χ1n) is 4.64. The highest BCUT2D eigenvalue weighted by molar-refractivity contribution is 5.31. The lowest BCUT2D eigenvalue weighted by Crippen LogP contribution is -2.18. The van der Waals surface area contributed by atoms with E-state index in [2.05, 4.69) is 4.74 Å². The molecule has 0 aromatic heterocycles. The van der Waals surface area contributed by atoms with Crippen molar-refractivity contribution in [3.05, 3.63) is 29.6 Å². The molecule has 0 fully saturated rings. The Balaban J connectivity index is 2.92. The van der Waals surface area contributed by atoms with Crippen LogP contribution in [0.4, 0.5) is 17.6 Å². The van der Waals surface area contributed by atoms with Crippen LogP contribution >= 0.6 is 0 Å². The molecule has 2 nitrogen and oxygen atoms in total. The minimum absolute atomic E-state index is 0.394. The van der Waals surface area contributed by atoms with Gasteiger partial charge in [0, 0.05) is 6.04 Å². The summed E-state index contributed by atoms with van der Waals surface area (Å²) in [4.78, 5) is 0. The Morgan fingerprint density at radius 3 is 2.44 bits per heavy atom. The van der Waals surface area contributed by atoms with Gasteiger partial charge in [0.25, 0.3) is 0 Å². The van der Waals surface area contributed by atoms with Gasteiger partial charge in [0.05, 0.1) is 0 Å². The van der Waals surface area contributed by atoms with E-state index >= 15 is 0 Å². The van der Waals surface area contributed by atoms with E-state index in [4.69, 9.17) is 5.73 Å². The van der Waals surface area contributed by atoms with Gasteiger partial charge >= 0.3 is 6.36 Å². The molecule has 0 unspecified atom stereocenters. The van der Waals surface area contributed by atoms with E-state index in [9.17, 15) is 17.6 Å². The van der Waals surface area contributed by atoms with Gasteiger partial charge in [-0.05, 0) is 24.1 Å². The zero-order valence-electron chi connectivity index (χ0n) is 8.51. The number of hydrogen-bond donors (Lipinski definition) is 1. The molecule has 0 amide bonds. The Morgan fingerprint density at radius 1 is 1.38 bits per heavy atom. The quantitative estimate of drug-likeness (QED) is 0.819. The van der Waals surface area contributed by atoms with Crippen molar-refractivity contribution in [2.24, 2.45) is 5.73 Å². The summed E-state index contributed by atoms with van der Waals surface area (Å²) in [6, 6.07) is 2.80. The van der Waals surface area contributed by atoms with Gasteiger partial charge in [-0.3, -0.25) is 0 Å². The van der Waals surface area contributed by atoms with Crippen LogP contribution in [-0.4, -0.2) is 6.36 Å². The average Bonchev–Trinajstić information content (AvgIpc) is 2.18. The summed E-state index contributed by atoms with van der Waals surface area (Å²) < 4.78 is 52.2. The van der Waals surface area contributed by atoms with Crippen molar-refractivity contribution in [1.29, 1.82) is 0 Å². The van der Waals surface area contributed by atoms with Crippen LogP contribution in [0.15, 0.2) is 18.2 Å². The Hall–Kier alpha value is -1.30. The van der Waals surface area contributed by atoms with E-state index in [0.29, 0.717) is 12.0 Å². The van der Waals surface area contributed by atoms with Gasteiger partial charge in [-0.2, -0.15) is 0 Å². The molecular formula is C10H11F4NO. The van der Waals surface area contributed by atoms with Gasteiger partial charge in [-0.25, -0.2) is 4.39 Å². The van der Waals surface area contributed by atoms with Crippen LogP contribution in [0.25, 0.3) is 0 Å². The molecule has 6 heteroatoms.